The molecule has 0 bridgehead atoms. The molecule has 0 unspecified atom stereocenters. The van der Waals surface area contributed by atoms with E-state index in [1.807, 2.05) is 35.0 Å². The zero-order valence-corrected chi connectivity index (χ0v) is 12.7. The summed E-state index contributed by atoms with van der Waals surface area (Å²) in [6.45, 7) is 1.03. The average molecular weight is 327 g/mol. The molecule has 6 heteroatoms. The van der Waals surface area contributed by atoms with Crippen molar-refractivity contribution in [1.82, 2.24) is 14.9 Å². The largest absolute Gasteiger partial charge is 0.348 e. The minimum absolute atomic E-state index is 0.0885. The van der Waals surface area contributed by atoms with Gasteiger partial charge in [-0.2, -0.15) is 0 Å². The van der Waals surface area contributed by atoms with Crippen LogP contribution < -0.4 is 5.32 Å². The van der Waals surface area contributed by atoms with Crippen molar-refractivity contribution in [3.8, 4) is 0 Å². The highest BCUT2D eigenvalue weighted by Gasteiger charge is 2.09. The molecule has 1 N–H and O–H groups in total. The number of rotatable bonds is 5. The van der Waals surface area contributed by atoms with Gasteiger partial charge in [-0.3, -0.25) is 4.79 Å². The first-order chi connectivity index (χ1) is 11.6. The Morgan fingerprint density at radius 1 is 1.04 bits per heavy atom. The molecule has 0 atom stereocenters. The van der Waals surface area contributed by atoms with Crippen molar-refractivity contribution < 1.29 is 13.6 Å². The monoisotopic (exact) mass is 327 g/mol. The van der Waals surface area contributed by atoms with E-state index in [2.05, 4.69) is 10.3 Å². The summed E-state index contributed by atoms with van der Waals surface area (Å²) in [5.41, 5.74) is 2.12. The molecule has 1 heterocycles. The van der Waals surface area contributed by atoms with Crippen LogP contribution in [0.25, 0.3) is 0 Å². The predicted molar refractivity (Wildman–Crippen MR) is 85.3 cm³/mol. The van der Waals surface area contributed by atoms with Gasteiger partial charge in [0.15, 0.2) is 11.6 Å². The van der Waals surface area contributed by atoms with Crippen LogP contribution in [0.3, 0.4) is 0 Å². The Morgan fingerprint density at radius 2 is 1.79 bits per heavy atom. The molecule has 24 heavy (non-hydrogen) atoms. The second-order valence-electron chi connectivity index (χ2n) is 5.36. The van der Waals surface area contributed by atoms with Gasteiger partial charge in [-0.1, -0.05) is 24.3 Å². The van der Waals surface area contributed by atoms with E-state index >= 15 is 0 Å². The van der Waals surface area contributed by atoms with Crippen LogP contribution in [-0.2, 0) is 13.1 Å². The van der Waals surface area contributed by atoms with E-state index in [0.717, 1.165) is 29.8 Å². The highest BCUT2D eigenvalue weighted by molar-refractivity contribution is 5.94. The molecule has 122 valence electrons. The number of carbonyl (C=O) groups excluding carboxylic acids is 1. The van der Waals surface area contributed by atoms with Crippen LogP contribution in [0, 0.1) is 11.6 Å². The maximum atomic E-state index is 13.1. The Labute approximate surface area is 137 Å². The van der Waals surface area contributed by atoms with Crippen LogP contribution in [-0.4, -0.2) is 15.5 Å². The minimum atomic E-state index is -1.04. The molecule has 0 spiro atoms. The number of nitrogens with zero attached hydrogens (tertiary/aromatic N) is 2. The lowest BCUT2D eigenvalue weighted by Crippen LogP contribution is -2.23. The van der Waals surface area contributed by atoms with Gasteiger partial charge in [0, 0.05) is 31.0 Å². The lowest BCUT2D eigenvalue weighted by Gasteiger charge is -2.07. The van der Waals surface area contributed by atoms with Gasteiger partial charge in [0.2, 0.25) is 0 Å². The molecule has 0 saturated carbocycles. The average Bonchev–Trinajstić information content (AvgIpc) is 3.09. The smallest absolute Gasteiger partial charge is 0.251 e. The Bertz CT molecular complexity index is 830. The van der Waals surface area contributed by atoms with E-state index in [9.17, 15) is 13.6 Å². The van der Waals surface area contributed by atoms with Gasteiger partial charge < -0.3 is 9.88 Å². The Kier molecular flexibility index (Phi) is 4.65. The highest BCUT2D eigenvalue weighted by atomic mass is 19.2. The number of carbonyl (C=O) groups is 1. The van der Waals surface area contributed by atoms with Crippen LogP contribution in [0.15, 0.2) is 61.2 Å². The zero-order valence-electron chi connectivity index (χ0n) is 12.7. The maximum Gasteiger partial charge on any atom is 0.251 e. The van der Waals surface area contributed by atoms with Crippen molar-refractivity contribution in [2.75, 3.05) is 0 Å². The lowest BCUT2D eigenvalue weighted by molar-refractivity contribution is 0.0950. The number of hydrogen-bond acceptors (Lipinski definition) is 2. The molecule has 3 rings (SSSR count). The van der Waals surface area contributed by atoms with E-state index in [4.69, 9.17) is 0 Å². The Morgan fingerprint density at radius 3 is 2.46 bits per heavy atom. The molecule has 0 radical (unpaired) electrons. The summed E-state index contributed by atoms with van der Waals surface area (Å²) >= 11 is 0. The Balaban J connectivity index is 1.58. The second-order valence-corrected chi connectivity index (χ2v) is 5.36. The van der Waals surface area contributed by atoms with Gasteiger partial charge in [0.1, 0.15) is 0 Å². The number of halogens is 2. The molecular formula is C18H15F2N3O. The number of amides is 1. The third-order valence-electron chi connectivity index (χ3n) is 3.58. The van der Waals surface area contributed by atoms with Gasteiger partial charge in [-0.15, -0.1) is 0 Å². The Hall–Kier alpha value is -3.02. The SMILES string of the molecule is O=C(NCc1ccc(Cn2ccnc2)cc1)c1ccc(F)c(F)c1. The first-order valence-electron chi connectivity index (χ1n) is 7.38. The summed E-state index contributed by atoms with van der Waals surface area (Å²) < 4.78 is 28.0. The molecule has 4 nitrogen and oxygen atoms in total. The third-order valence-corrected chi connectivity index (χ3v) is 3.58. The number of hydrogen-bond donors (Lipinski definition) is 1. The van der Waals surface area contributed by atoms with Crippen LogP contribution in [0.4, 0.5) is 8.78 Å². The topological polar surface area (TPSA) is 46.9 Å². The van der Waals surface area contributed by atoms with Crippen molar-refractivity contribution in [3.63, 3.8) is 0 Å². The summed E-state index contributed by atoms with van der Waals surface area (Å²) in [6.07, 6.45) is 5.36. The fraction of sp³-hybridized carbons (Fsp3) is 0.111. The number of aromatic nitrogens is 2. The van der Waals surface area contributed by atoms with Gasteiger partial charge in [-0.05, 0) is 29.3 Å². The first kappa shape index (κ1) is 15.9. The molecule has 2 aromatic carbocycles. The molecule has 0 saturated heterocycles. The number of imidazole rings is 1. The fourth-order valence-corrected chi connectivity index (χ4v) is 2.28. The molecule has 0 fully saturated rings. The summed E-state index contributed by atoms with van der Waals surface area (Å²) in [7, 11) is 0. The zero-order chi connectivity index (χ0) is 16.9. The van der Waals surface area contributed by atoms with E-state index in [1.165, 1.54) is 6.07 Å². The standard InChI is InChI=1S/C18H15F2N3O/c19-16-6-5-15(9-17(16)20)18(24)22-10-13-1-3-14(4-2-13)11-23-8-7-21-12-23/h1-9,12H,10-11H2,(H,22,24). The van der Waals surface area contributed by atoms with Crippen LogP contribution in [0.2, 0.25) is 0 Å². The van der Waals surface area contributed by atoms with Crippen LogP contribution in [0.5, 0.6) is 0 Å². The van der Waals surface area contributed by atoms with Crippen LogP contribution >= 0.6 is 0 Å². The van der Waals surface area contributed by atoms with Gasteiger partial charge >= 0.3 is 0 Å². The van der Waals surface area contributed by atoms with Crippen molar-refractivity contribution in [2.45, 2.75) is 13.1 Å². The van der Waals surface area contributed by atoms with Crippen molar-refractivity contribution in [2.24, 2.45) is 0 Å². The van der Waals surface area contributed by atoms with E-state index in [1.54, 1.807) is 12.5 Å². The summed E-state index contributed by atoms with van der Waals surface area (Å²) in [5, 5.41) is 2.68. The fourth-order valence-electron chi connectivity index (χ4n) is 2.28. The molecule has 0 aliphatic rings. The minimum Gasteiger partial charge on any atom is -0.348 e. The second kappa shape index (κ2) is 7.04. The van der Waals surface area contributed by atoms with Gasteiger partial charge in [0.25, 0.3) is 5.91 Å². The quantitative estimate of drug-likeness (QED) is 0.782. The van der Waals surface area contributed by atoms with Gasteiger partial charge in [-0.25, -0.2) is 13.8 Å². The van der Waals surface area contributed by atoms with Crippen molar-refractivity contribution >= 4 is 5.91 Å². The number of benzene rings is 2. The highest BCUT2D eigenvalue weighted by Crippen LogP contribution is 2.10. The van der Waals surface area contributed by atoms with E-state index in [-0.39, 0.29) is 5.56 Å². The lowest BCUT2D eigenvalue weighted by atomic mass is 10.1. The molecule has 1 amide bonds. The number of nitrogens with one attached hydrogen (secondary N) is 1. The first-order valence-corrected chi connectivity index (χ1v) is 7.38. The van der Waals surface area contributed by atoms with E-state index in [0.29, 0.717) is 6.54 Å². The van der Waals surface area contributed by atoms with Crippen molar-refractivity contribution in [1.29, 1.82) is 0 Å². The van der Waals surface area contributed by atoms with E-state index < -0.39 is 17.5 Å². The molecular weight excluding hydrogens is 312 g/mol. The van der Waals surface area contributed by atoms with Crippen molar-refractivity contribution in [3.05, 3.63) is 89.5 Å². The summed E-state index contributed by atoms with van der Waals surface area (Å²) in [6, 6.07) is 10.9. The normalized spacial score (nSPS) is 10.6. The molecule has 3 aromatic rings. The maximum absolute atomic E-state index is 13.1. The molecule has 0 aliphatic heterocycles. The predicted octanol–water partition coefficient (Wildman–Crippen LogP) is 3.14. The molecule has 0 aliphatic carbocycles. The summed E-state index contributed by atoms with van der Waals surface area (Å²) in [4.78, 5) is 15.9. The van der Waals surface area contributed by atoms with Crippen LogP contribution in [0.1, 0.15) is 21.5 Å². The van der Waals surface area contributed by atoms with Gasteiger partial charge in [0.05, 0.1) is 6.33 Å². The third kappa shape index (κ3) is 3.84. The summed E-state index contributed by atoms with van der Waals surface area (Å²) in [5.74, 6) is -2.46. The molecule has 1 aromatic heterocycles.